The van der Waals surface area contributed by atoms with Crippen molar-refractivity contribution in [2.24, 2.45) is 0 Å². The Balaban J connectivity index is 1.62. The van der Waals surface area contributed by atoms with Crippen molar-refractivity contribution in [2.45, 2.75) is 78.0 Å². The summed E-state index contributed by atoms with van der Waals surface area (Å²) >= 11 is 0. The monoisotopic (exact) mass is 647 g/mol. The largest absolute Gasteiger partial charge is 0.486 e. The Hall–Kier alpha value is -4.29. The number of rotatable bonds is 14. The number of halogens is 5. The van der Waals surface area contributed by atoms with Crippen LogP contribution in [0, 0.1) is 0 Å². The van der Waals surface area contributed by atoms with Gasteiger partial charge in [0.25, 0.3) is 11.8 Å². The standard InChI is InChI=1S/C33H38F5N5O3/c1-7-20(2)28(43(5)17-21(3)32(4,34)35)24-10-8-22(9-11-24)18-46-30-25(45-15-14-33(36,37)38)16-39-29(42-30)26-27(23-12-13-23)40-19-41-31(26)44-6/h8-11,16-17,19,23H,7,12-15,18H2,1-6H3/b21-17+,28-20?. The Kier molecular flexibility index (Phi) is 10.8. The van der Waals surface area contributed by atoms with E-state index in [4.69, 9.17) is 14.2 Å². The molecule has 2 aromatic heterocycles. The molecular formula is C33H38F5N5O3. The fourth-order valence-electron chi connectivity index (χ4n) is 4.67. The molecule has 0 spiro atoms. The normalized spacial score (nSPS) is 14.5. The van der Waals surface area contributed by atoms with Crippen molar-refractivity contribution >= 4 is 5.70 Å². The maximum absolute atomic E-state index is 13.9. The van der Waals surface area contributed by atoms with Crippen LogP contribution in [0.15, 0.2) is 54.1 Å². The molecule has 4 rings (SSSR count). The van der Waals surface area contributed by atoms with Crippen LogP contribution in [-0.2, 0) is 6.61 Å². The summed E-state index contributed by atoms with van der Waals surface area (Å²) in [7, 11) is 3.20. The molecule has 0 unspecified atom stereocenters. The number of nitrogens with zero attached hydrogens (tertiary/aromatic N) is 5. The number of aromatic nitrogens is 4. The molecule has 1 saturated carbocycles. The van der Waals surface area contributed by atoms with Crippen molar-refractivity contribution < 1.29 is 36.2 Å². The number of benzene rings is 1. The SMILES string of the molecule is CCC(C)=C(c1ccc(COc2nc(-c3c(OC)ncnc3C3CC3)ncc2OCCC(F)(F)F)cc1)N(C)/C=C(\C)C(C)(F)F. The van der Waals surface area contributed by atoms with Crippen molar-refractivity contribution in [2.75, 3.05) is 20.8 Å². The van der Waals surface area contributed by atoms with Gasteiger partial charge in [0.1, 0.15) is 18.5 Å². The first kappa shape index (κ1) is 34.6. The quantitative estimate of drug-likeness (QED) is 0.162. The predicted octanol–water partition coefficient (Wildman–Crippen LogP) is 8.36. The lowest BCUT2D eigenvalue weighted by molar-refractivity contribution is -0.139. The lowest BCUT2D eigenvalue weighted by atomic mass is 10.0. The highest BCUT2D eigenvalue weighted by Crippen LogP contribution is 2.45. The zero-order valence-corrected chi connectivity index (χ0v) is 26.7. The van der Waals surface area contributed by atoms with Gasteiger partial charge in [-0.1, -0.05) is 31.2 Å². The number of hydrogen-bond acceptors (Lipinski definition) is 8. The number of ether oxygens (including phenoxy) is 3. The molecule has 248 valence electrons. The van der Waals surface area contributed by atoms with Crippen LogP contribution in [0.5, 0.6) is 17.5 Å². The number of alkyl halides is 5. The molecule has 3 aromatic rings. The zero-order valence-electron chi connectivity index (χ0n) is 26.7. The van der Waals surface area contributed by atoms with Crippen LogP contribution < -0.4 is 14.2 Å². The Morgan fingerprint density at radius 3 is 2.28 bits per heavy atom. The average molecular weight is 648 g/mol. The van der Waals surface area contributed by atoms with Crippen molar-refractivity contribution in [3.8, 4) is 28.9 Å². The van der Waals surface area contributed by atoms with E-state index in [1.165, 1.54) is 32.8 Å². The smallest absolute Gasteiger partial charge is 0.392 e. The van der Waals surface area contributed by atoms with Crippen LogP contribution in [-0.4, -0.2) is 57.7 Å². The van der Waals surface area contributed by atoms with Crippen LogP contribution in [0.3, 0.4) is 0 Å². The Labute approximate surface area is 265 Å². The molecule has 46 heavy (non-hydrogen) atoms. The highest BCUT2D eigenvalue weighted by Gasteiger charge is 2.32. The maximum atomic E-state index is 13.9. The average Bonchev–Trinajstić information content (AvgIpc) is 3.85. The van der Waals surface area contributed by atoms with E-state index >= 15 is 0 Å². The summed E-state index contributed by atoms with van der Waals surface area (Å²) < 4.78 is 83.1. The van der Waals surface area contributed by atoms with Gasteiger partial charge in [0, 0.05) is 37.4 Å². The van der Waals surface area contributed by atoms with E-state index in [-0.39, 0.29) is 41.4 Å². The van der Waals surface area contributed by atoms with E-state index < -0.39 is 25.1 Å². The minimum atomic E-state index is -4.40. The summed E-state index contributed by atoms with van der Waals surface area (Å²) in [5.74, 6) is -2.38. The molecule has 0 aliphatic heterocycles. The van der Waals surface area contributed by atoms with Gasteiger partial charge >= 0.3 is 6.18 Å². The van der Waals surface area contributed by atoms with Crippen molar-refractivity contribution in [1.29, 1.82) is 0 Å². The van der Waals surface area contributed by atoms with Crippen LogP contribution in [0.2, 0.25) is 0 Å². The van der Waals surface area contributed by atoms with Gasteiger partial charge in [0.05, 0.1) is 32.0 Å². The summed E-state index contributed by atoms with van der Waals surface area (Å²) in [6, 6.07) is 7.36. The van der Waals surface area contributed by atoms with Crippen LogP contribution in [0.25, 0.3) is 17.1 Å². The molecule has 1 aliphatic rings. The molecule has 0 amide bonds. The van der Waals surface area contributed by atoms with E-state index in [1.54, 1.807) is 11.9 Å². The van der Waals surface area contributed by atoms with Gasteiger partial charge in [-0.25, -0.2) is 23.7 Å². The molecule has 0 atom stereocenters. The molecule has 0 radical (unpaired) electrons. The number of allylic oxidation sites excluding steroid dienone is 2. The van der Waals surface area contributed by atoms with E-state index in [2.05, 4.69) is 19.9 Å². The van der Waals surface area contributed by atoms with Gasteiger partial charge in [-0.3, -0.25) is 0 Å². The molecular weight excluding hydrogens is 609 g/mol. The Morgan fingerprint density at radius 1 is 1.00 bits per heavy atom. The second-order valence-corrected chi connectivity index (χ2v) is 11.3. The van der Waals surface area contributed by atoms with Crippen LogP contribution in [0.1, 0.15) is 76.1 Å². The third kappa shape index (κ3) is 8.91. The van der Waals surface area contributed by atoms with Crippen molar-refractivity contribution in [1.82, 2.24) is 24.8 Å². The highest BCUT2D eigenvalue weighted by molar-refractivity contribution is 5.68. The molecule has 8 nitrogen and oxygen atoms in total. The Morgan fingerprint density at radius 2 is 1.70 bits per heavy atom. The Bertz CT molecular complexity index is 1570. The minimum absolute atomic E-state index is 0.00693. The van der Waals surface area contributed by atoms with Crippen LogP contribution in [0.4, 0.5) is 22.0 Å². The van der Waals surface area contributed by atoms with Crippen LogP contribution >= 0.6 is 0 Å². The van der Waals surface area contributed by atoms with Gasteiger partial charge in [-0.2, -0.15) is 18.2 Å². The molecule has 0 bridgehead atoms. The van der Waals surface area contributed by atoms with Crippen molar-refractivity contribution in [3.63, 3.8) is 0 Å². The van der Waals surface area contributed by atoms with E-state index in [9.17, 15) is 22.0 Å². The summed E-state index contributed by atoms with van der Waals surface area (Å²) in [6.45, 7) is 5.56. The van der Waals surface area contributed by atoms with Gasteiger partial charge in [0.2, 0.25) is 5.88 Å². The molecule has 0 N–H and O–H groups in total. The van der Waals surface area contributed by atoms with Gasteiger partial charge < -0.3 is 19.1 Å². The minimum Gasteiger partial charge on any atom is -0.486 e. The third-order valence-corrected chi connectivity index (χ3v) is 7.56. The fraction of sp³-hybridized carbons (Fsp3) is 0.455. The third-order valence-electron chi connectivity index (χ3n) is 7.56. The van der Waals surface area contributed by atoms with E-state index in [0.29, 0.717) is 12.0 Å². The lowest BCUT2D eigenvalue weighted by Gasteiger charge is -2.24. The van der Waals surface area contributed by atoms with E-state index in [0.717, 1.165) is 47.9 Å². The second-order valence-electron chi connectivity index (χ2n) is 11.3. The van der Waals surface area contributed by atoms with Gasteiger partial charge in [0.15, 0.2) is 11.6 Å². The predicted molar refractivity (Wildman–Crippen MR) is 164 cm³/mol. The number of hydrogen-bond donors (Lipinski definition) is 0. The summed E-state index contributed by atoms with van der Waals surface area (Å²) in [4.78, 5) is 19.2. The zero-order chi connectivity index (χ0) is 33.6. The second kappa shape index (κ2) is 14.4. The summed E-state index contributed by atoms with van der Waals surface area (Å²) in [5.41, 5.74) is 4.50. The first-order valence-electron chi connectivity index (χ1n) is 14.9. The number of methoxy groups -OCH3 is 1. The van der Waals surface area contributed by atoms with Crippen molar-refractivity contribution in [3.05, 3.63) is 71.0 Å². The first-order chi connectivity index (χ1) is 21.7. The maximum Gasteiger partial charge on any atom is 0.392 e. The molecule has 1 aromatic carbocycles. The molecule has 13 heteroatoms. The molecule has 0 saturated heterocycles. The summed E-state index contributed by atoms with van der Waals surface area (Å²) in [5, 5.41) is 0. The first-order valence-corrected chi connectivity index (χ1v) is 14.9. The summed E-state index contributed by atoms with van der Waals surface area (Å²) in [6.07, 6.45) is 1.15. The lowest BCUT2D eigenvalue weighted by Crippen LogP contribution is -2.18. The molecule has 1 aliphatic carbocycles. The molecule has 2 heterocycles. The van der Waals surface area contributed by atoms with Gasteiger partial charge in [-0.15, -0.1) is 0 Å². The fourth-order valence-corrected chi connectivity index (χ4v) is 4.67. The topological polar surface area (TPSA) is 82.5 Å². The highest BCUT2D eigenvalue weighted by atomic mass is 19.4. The molecule has 1 fully saturated rings. The van der Waals surface area contributed by atoms with E-state index in [1.807, 2.05) is 38.1 Å². The van der Waals surface area contributed by atoms with Gasteiger partial charge in [-0.05, 0) is 49.8 Å².